The van der Waals surface area contributed by atoms with Crippen LogP contribution in [-0.2, 0) is 9.67 Å². The fraction of sp³-hybridized carbons (Fsp3) is 0.115. The van der Waals surface area contributed by atoms with Crippen molar-refractivity contribution in [3.8, 4) is 0 Å². The first kappa shape index (κ1) is 19.3. The molecule has 1 unspecified atom stereocenters. The van der Waals surface area contributed by atoms with Crippen LogP contribution in [0.1, 0.15) is 23.6 Å². The zero-order chi connectivity index (χ0) is 20.3. The highest BCUT2D eigenvalue weighted by Gasteiger charge is 2.46. The second kappa shape index (κ2) is 8.14. The molecule has 0 bridgehead atoms. The van der Waals surface area contributed by atoms with E-state index in [9.17, 15) is 4.79 Å². The number of carbonyl (C=O) groups is 1. The van der Waals surface area contributed by atoms with E-state index in [1.165, 1.54) is 5.56 Å². The standard InChI is InChI=1S/C26H23NOS/c1-20-15-17-23(18-16-20)26(19-9-8-12-22-10-4-3-5-11-22)27(21(2)28)24-13-6-7-14-25(24)29-26/h3-19H,1-2H3/b12-8+,19-9+. The zero-order valence-electron chi connectivity index (χ0n) is 16.6. The molecule has 0 radical (unpaired) electrons. The SMILES string of the molecule is CC(=O)N1c2ccccc2SC1(/C=C/C=C/c1ccccc1)c1ccc(C)cc1. The van der Waals surface area contributed by atoms with Gasteiger partial charge < -0.3 is 0 Å². The summed E-state index contributed by atoms with van der Waals surface area (Å²) in [4.78, 5) is 15.2. The average molecular weight is 398 g/mol. The molecule has 0 spiro atoms. The van der Waals surface area contributed by atoms with Crippen LogP contribution in [0.15, 0.2) is 102 Å². The smallest absolute Gasteiger partial charge is 0.225 e. The molecule has 0 aromatic heterocycles. The molecule has 0 saturated carbocycles. The van der Waals surface area contributed by atoms with Gasteiger partial charge in [-0.05, 0) is 36.3 Å². The van der Waals surface area contributed by atoms with Gasteiger partial charge in [0.2, 0.25) is 5.91 Å². The molecule has 1 aliphatic heterocycles. The van der Waals surface area contributed by atoms with Crippen LogP contribution in [-0.4, -0.2) is 5.91 Å². The van der Waals surface area contributed by atoms with E-state index in [4.69, 9.17) is 0 Å². The Morgan fingerprint density at radius 3 is 2.31 bits per heavy atom. The van der Waals surface area contributed by atoms with E-state index in [1.807, 2.05) is 53.5 Å². The third-order valence-corrected chi connectivity index (χ3v) is 6.44. The number of para-hydroxylation sites is 1. The Morgan fingerprint density at radius 1 is 0.897 bits per heavy atom. The summed E-state index contributed by atoms with van der Waals surface area (Å²) in [6.07, 6.45) is 8.28. The predicted molar refractivity (Wildman–Crippen MR) is 123 cm³/mol. The van der Waals surface area contributed by atoms with Crippen molar-refractivity contribution in [2.24, 2.45) is 0 Å². The van der Waals surface area contributed by atoms with E-state index in [0.717, 1.165) is 21.7 Å². The van der Waals surface area contributed by atoms with Crippen LogP contribution in [0.2, 0.25) is 0 Å². The van der Waals surface area contributed by atoms with E-state index in [0.29, 0.717) is 0 Å². The minimum Gasteiger partial charge on any atom is -0.288 e. The Morgan fingerprint density at radius 2 is 1.59 bits per heavy atom. The Bertz CT molecular complexity index is 1070. The van der Waals surface area contributed by atoms with Gasteiger partial charge in [0, 0.05) is 11.8 Å². The van der Waals surface area contributed by atoms with Crippen molar-refractivity contribution in [1.29, 1.82) is 0 Å². The number of carbonyl (C=O) groups excluding carboxylic acids is 1. The van der Waals surface area contributed by atoms with Gasteiger partial charge in [0.25, 0.3) is 0 Å². The normalized spacial score (nSPS) is 18.5. The monoisotopic (exact) mass is 397 g/mol. The number of thioether (sulfide) groups is 1. The van der Waals surface area contributed by atoms with E-state index >= 15 is 0 Å². The first-order valence-corrected chi connectivity index (χ1v) is 10.5. The number of rotatable bonds is 4. The molecular weight excluding hydrogens is 374 g/mol. The van der Waals surface area contributed by atoms with Crippen molar-refractivity contribution in [2.45, 2.75) is 23.6 Å². The van der Waals surface area contributed by atoms with Crippen molar-refractivity contribution in [3.63, 3.8) is 0 Å². The average Bonchev–Trinajstić information content (AvgIpc) is 3.08. The quantitative estimate of drug-likeness (QED) is 0.464. The Balaban J connectivity index is 1.78. The Labute approximate surface area is 176 Å². The van der Waals surface area contributed by atoms with Gasteiger partial charge in [-0.2, -0.15) is 0 Å². The van der Waals surface area contributed by atoms with Crippen LogP contribution >= 0.6 is 11.8 Å². The van der Waals surface area contributed by atoms with Crippen molar-refractivity contribution in [3.05, 3.63) is 114 Å². The Kier molecular flexibility index (Phi) is 5.41. The predicted octanol–water partition coefficient (Wildman–Crippen LogP) is 6.58. The first-order valence-electron chi connectivity index (χ1n) is 9.67. The fourth-order valence-electron chi connectivity index (χ4n) is 3.63. The third-order valence-electron chi connectivity index (χ3n) is 5.01. The topological polar surface area (TPSA) is 20.3 Å². The van der Waals surface area contributed by atoms with Gasteiger partial charge in [-0.25, -0.2) is 0 Å². The molecule has 1 amide bonds. The van der Waals surface area contributed by atoms with E-state index in [1.54, 1.807) is 18.7 Å². The highest BCUT2D eigenvalue weighted by molar-refractivity contribution is 8.01. The lowest BCUT2D eigenvalue weighted by Crippen LogP contribution is -2.42. The molecule has 0 aliphatic carbocycles. The lowest BCUT2D eigenvalue weighted by atomic mass is 10.0. The van der Waals surface area contributed by atoms with Gasteiger partial charge in [0.1, 0.15) is 4.87 Å². The largest absolute Gasteiger partial charge is 0.288 e. The number of aryl methyl sites for hydroxylation is 1. The highest BCUT2D eigenvalue weighted by atomic mass is 32.2. The number of benzene rings is 3. The van der Waals surface area contributed by atoms with E-state index in [2.05, 4.69) is 61.5 Å². The molecule has 1 heterocycles. The number of allylic oxidation sites excluding steroid dienone is 2. The minimum atomic E-state index is -0.607. The summed E-state index contributed by atoms with van der Waals surface area (Å²) in [5.74, 6) is 0.0275. The molecule has 1 aliphatic rings. The number of hydrogen-bond donors (Lipinski definition) is 0. The van der Waals surface area contributed by atoms with Crippen LogP contribution in [0.3, 0.4) is 0 Å². The maximum absolute atomic E-state index is 12.8. The zero-order valence-corrected chi connectivity index (χ0v) is 17.4. The van der Waals surface area contributed by atoms with Crippen LogP contribution in [0.25, 0.3) is 6.08 Å². The number of amides is 1. The summed E-state index contributed by atoms with van der Waals surface area (Å²) in [5.41, 5.74) is 4.39. The minimum absolute atomic E-state index is 0.0275. The van der Waals surface area contributed by atoms with Crippen molar-refractivity contribution in [2.75, 3.05) is 4.90 Å². The van der Waals surface area contributed by atoms with Gasteiger partial charge in [-0.1, -0.05) is 102 Å². The van der Waals surface area contributed by atoms with Gasteiger partial charge in [0.05, 0.1) is 5.69 Å². The first-order chi connectivity index (χ1) is 14.1. The van der Waals surface area contributed by atoms with Crippen molar-refractivity contribution in [1.82, 2.24) is 0 Å². The van der Waals surface area contributed by atoms with Gasteiger partial charge in [-0.3, -0.25) is 9.69 Å². The van der Waals surface area contributed by atoms with Gasteiger partial charge in [0.15, 0.2) is 0 Å². The lowest BCUT2D eigenvalue weighted by Gasteiger charge is -2.35. The molecule has 2 nitrogen and oxygen atoms in total. The van der Waals surface area contributed by atoms with Gasteiger partial charge >= 0.3 is 0 Å². The summed E-state index contributed by atoms with van der Waals surface area (Å²) < 4.78 is 0. The number of fused-ring (bicyclic) bond motifs is 1. The van der Waals surface area contributed by atoms with Crippen LogP contribution < -0.4 is 4.90 Å². The number of hydrogen-bond acceptors (Lipinski definition) is 2. The van der Waals surface area contributed by atoms with Crippen LogP contribution in [0.4, 0.5) is 5.69 Å². The summed E-state index contributed by atoms with van der Waals surface area (Å²) in [6, 6.07) is 26.8. The summed E-state index contributed by atoms with van der Waals surface area (Å²) in [7, 11) is 0. The van der Waals surface area contributed by atoms with Crippen LogP contribution in [0, 0.1) is 6.92 Å². The van der Waals surface area contributed by atoms with Crippen molar-refractivity contribution >= 4 is 29.4 Å². The fourth-order valence-corrected chi connectivity index (χ4v) is 5.09. The second-order valence-electron chi connectivity index (χ2n) is 7.12. The lowest BCUT2D eigenvalue weighted by molar-refractivity contribution is -0.117. The van der Waals surface area contributed by atoms with E-state index < -0.39 is 4.87 Å². The molecule has 1 atom stereocenters. The second-order valence-corrected chi connectivity index (χ2v) is 8.38. The van der Waals surface area contributed by atoms with Crippen LogP contribution in [0.5, 0.6) is 0 Å². The van der Waals surface area contributed by atoms with E-state index in [-0.39, 0.29) is 5.91 Å². The molecule has 29 heavy (non-hydrogen) atoms. The summed E-state index contributed by atoms with van der Waals surface area (Å²) in [6.45, 7) is 3.72. The van der Waals surface area contributed by atoms with Gasteiger partial charge in [-0.15, -0.1) is 0 Å². The molecular formula is C26H23NOS. The summed E-state index contributed by atoms with van der Waals surface area (Å²) in [5, 5.41) is 0. The Hall–Kier alpha value is -3.04. The third kappa shape index (κ3) is 3.79. The molecule has 3 aromatic rings. The molecule has 3 aromatic carbocycles. The molecule has 0 saturated heterocycles. The molecule has 0 N–H and O–H groups in total. The number of nitrogens with zero attached hydrogens (tertiary/aromatic N) is 1. The molecule has 3 heteroatoms. The maximum atomic E-state index is 12.8. The molecule has 0 fully saturated rings. The maximum Gasteiger partial charge on any atom is 0.225 e. The van der Waals surface area contributed by atoms with Crippen molar-refractivity contribution < 1.29 is 4.79 Å². The molecule has 4 rings (SSSR count). The summed E-state index contributed by atoms with van der Waals surface area (Å²) >= 11 is 1.71. The number of anilines is 1. The highest BCUT2D eigenvalue weighted by Crippen LogP contribution is 2.56. The molecule has 144 valence electrons.